The Labute approximate surface area is 183 Å². The predicted molar refractivity (Wildman–Crippen MR) is 126 cm³/mol. The lowest BCUT2D eigenvalue weighted by molar-refractivity contribution is -0.117. The van der Waals surface area contributed by atoms with E-state index in [2.05, 4.69) is 29.8 Å². The minimum absolute atomic E-state index is 0.260. The highest BCUT2D eigenvalue weighted by atomic mass is 16.2. The van der Waals surface area contributed by atoms with Crippen molar-refractivity contribution in [2.75, 3.05) is 10.6 Å². The van der Waals surface area contributed by atoms with Gasteiger partial charge >= 0.3 is 6.03 Å². The van der Waals surface area contributed by atoms with E-state index >= 15 is 0 Å². The Bertz CT molecular complexity index is 983. The van der Waals surface area contributed by atoms with Crippen LogP contribution in [0.1, 0.15) is 30.5 Å². The second kappa shape index (κ2) is 11.0. The maximum atomic E-state index is 13.0. The smallest absolute Gasteiger partial charge is 0.319 e. The van der Waals surface area contributed by atoms with Crippen LogP contribution < -0.4 is 16.0 Å². The molecule has 0 saturated carbocycles. The van der Waals surface area contributed by atoms with Crippen molar-refractivity contribution in [2.24, 2.45) is 0 Å². The number of carbonyl (C=O) groups is 2. The van der Waals surface area contributed by atoms with Gasteiger partial charge in [0.25, 0.3) is 0 Å². The molecule has 3 aromatic rings. The Kier molecular flexibility index (Phi) is 7.82. The largest absolute Gasteiger partial charge is 0.326 e. The van der Waals surface area contributed by atoms with E-state index in [1.807, 2.05) is 78.9 Å². The van der Waals surface area contributed by atoms with Gasteiger partial charge in [-0.25, -0.2) is 4.79 Å². The van der Waals surface area contributed by atoms with Crippen molar-refractivity contribution in [3.63, 3.8) is 0 Å². The summed E-state index contributed by atoms with van der Waals surface area (Å²) in [5.74, 6) is -0.260. The van der Waals surface area contributed by atoms with Crippen LogP contribution in [0.4, 0.5) is 16.2 Å². The van der Waals surface area contributed by atoms with Crippen molar-refractivity contribution in [3.8, 4) is 0 Å². The fourth-order valence-electron chi connectivity index (χ4n) is 3.26. The van der Waals surface area contributed by atoms with Gasteiger partial charge in [-0.2, -0.15) is 0 Å². The number of hydrogen-bond acceptors (Lipinski definition) is 2. The molecular formula is C26H29N3O2. The third kappa shape index (κ3) is 6.71. The Morgan fingerprint density at radius 3 is 1.71 bits per heavy atom. The van der Waals surface area contributed by atoms with Crippen LogP contribution in [0.5, 0.6) is 0 Å². The van der Waals surface area contributed by atoms with Crippen molar-refractivity contribution in [1.29, 1.82) is 0 Å². The Morgan fingerprint density at radius 2 is 1.19 bits per heavy atom. The van der Waals surface area contributed by atoms with Crippen LogP contribution in [0.15, 0.2) is 78.9 Å². The third-order valence-electron chi connectivity index (χ3n) is 5.15. The number of hydrogen-bond donors (Lipinski definition) is 3. The molecular weight excluding hydrogens is 386 g/mol. The quantitative estimate of drug-likeness (QED) is 0.474. The number of amides is 3. The number of aryl methyl sites for hydroxylation is 2. The number of rotatable bonds is 8. The van der Waals surface area contributed by atoms with E-state index < -0.39 is 12.1 Å². The molecule has 5 nitrogen and oxygen atoms in total. The molecule has 0 saturated heterocycles. The van der Waals surface area contributed by atoms with Crippen molar-refractivity contribution in [3.05, 3.63) is 95.6 Å². The molecule has 0 radical (unpaired) electrons. The molecule has 0 spiro atoms. The van der Waals surface area contributed by atoms with Crippen molar-refractivity contribution < 1.29 is 9.59 Å². The van der Waals surface area contributed by atoms with E-state index in [4.69, 9.17) is 0 Å². The zero-order valence-corrected chi connectivity index (χ0v) is 18.0. The van der Waals surface area contributed by atoms with Gasteiger partial charge in [0, 0.05) is 17.8 Å². The standard InChI is InChI=1S/C26H29N3O2/c1-3-19-10-14-22(15-11-19)27-25(30)24(18-21-8-6-5-7-9-21)29-26(31)28-23-16-12-20(4-2)13-17-23/h5-17,24H,3-4,18H2,1-2H3,(H,27,30)(H2,28,29,31). The summed E-state index contributed by atoms with van der Waals surface area (Å²) < 4.78 is 0. The Hall–Kier alpha value is -3.60. The lowest BCUT2D eigenvalue weighted by Crippen LogP contribution is -2.46. The van der Waals surface area contributed by atoms with E-state index in [9.17, 15) is 9.59 Å². The highest BCUT2D eigenvalue weighted by molar-refractivity contribution is 5.99. The highest BCUT2D eigenvalue weighted by Gasteiger charge is 2.21. The molecule has 0 aliphatic carbocycles. The lowest BCUT2D eigenvalue weighted by Gasteiger charge is -2.19. The molecule has 0 aliphatic rings. The molecule has 1 atom stereocenters. The topological polar surface area (TPSA) is 70.2 Å². The minimum atomic E-state index is -0.719. The van der Waals surface area contributed by atoms with Gasteiger partial charge in [0.05, 0.1) is 0 Å². The number of benzene rings is 3. The molecule has 0 heterocycles. The normalized spacial score (nSPS) is 11.4. The summed E-state index contributed by atoms with van der Waals surface area (Å²) in [5.41, 5.74) is 4.75. The first-order valence-electron chi connectivity index (χ1n) is 10.7. The van der Waals surface area contributed by atoms with Gasteiger partial charge in [0.2, 0.25) is 5.91 Å². The highest BCUT2D eigenvalue weighted by Crippen LogP contribution is 2.13. The average Bonchev–Trinajstić information content (AvgIpc) is 2.80. The third-order valence-corrected chi connectivity index (χ3v) is 5.15. The van der Waals surface area contributed by atoms with Crippen LogP contribution in [-0.4, -0.2) is 18.0 Å². The number of carbonyl (C=O) groups excluding carboxylic acids is 2. The van der Waals surface area contributed by atoms with Crippen LogP contribution in [0, 0.1) is 0 Å². The summed E-state index contributed by atoms with van der Waals surface area (Å²) in [4.78, 5) is 25.6. The summed E-state index contributed by atoms with van der Waals surface area (Å²) in [5, 5.41) is 8.55. The molecule has 5 heteroatoms. The average molecular weight is 416 g/mol. The summed E-state index contributed by atoms with van der Waals surface area (Å²) >= 11 is 0. The van der Waals surface area contributed by atoms with E-state index in [1.165, 1.54) is 11.1 Å². The summed E-state index contributed by atoms with van der Waals surface area (Å²) in [6.07, 6.45) is 2.26. The van der Waals surface area contributed by atoms with Crippen LogP contribution in [0.3, 0.4) is 0 Å². The van der Waals surface area contributed by atoms with Gasteiger partial charge in [0.1, 0.15) is 6.04 Å². The first-order chi connectivity index (χ1) is 15.1. The van der Waals surface area contributed by atoms with Crippen molar-refractivity contribution in [2.45, 2.75) is 39.2 Å². The molecule has 0 aromatic heterocycles. The van der Waals surface area contributed by atoms with Gasteiger partial charge < -0.3 is 16.0 Å². The zero-order valence-electron chi connectivity index (χ0n) is 18.0. The molecule has 160 valence electrons. The van der Waals surface area contributed by atoms with Crippen LogP contribution in [-0.2, 0) is 24.1 Å². The first kappa shape index (κ1) is 22.1. The van der Waals surface area contributed by atoms with Gasteiger partial charge in [-0.3, -0.25) is 4.79 Å². The second-order valence-corrected chi connectivity index (χ2v) is 7.43. The molecule has 3 N–H and O–H groups in total. The van der Waals surface area contributed by atoms with Gasteiger partial charge in [0.15, 0.2) is 0 Å². The molecule has 0 bridgehead atoms. The van der Waals surface area contributed by atoms with E-state index in [0.29, 0.717) is 17.8 Å². The fourth-order valence-corrected chi connectivity index (χ4v) is 3.26. The van der Waals surface area contributed by atoms with Crippen LogP contribution >= 0.6 is 0 Å². The summed E-state index contributed by atoms with van der Waals surface area (Å²) in [7, 11) is 0. The Balaban J connectivity index is 1.69. The fraction of sp³-hybridized carbons (Fsp3) is 0.231. The second-order valence-electron chi connectivity index (χ2n) is 7.43. The first-order valence-corrected chi connectivity index (χ1v) is 10.7. The van der Waals surface area contributed by atoms with E-state index in [0.717, 1.165) is 18.4 Å². The zero-order chi connectivity index (χ0) is 22.1. The number of anilines is 2. The van der Waals surface area contributed by atoms with Crippen molar-refractivity contribution in [1.82, 2.24) is 5.32 Å². The molecule has 3 rings (SSSR count). The monoisotopic (exact) mass is 415 g/mol. The molecule has 3 amide bonds. The summed E-state index contributed by atoms with van der Waals surface area (Å²) in [6.45, 7) is 4.17. The van der Waals surface area contributed by atoms with Crippen molar-refractivity contribution >= 4 is 23.3 Å². The van der Waals surface area contributed by atoms with E-state index in [-0.39, 0.29) is 5.91 Å². The number of urea groups is 1. The molecule has 3 aromatic carbocycles. The van der Waals surface area contributed by atoms with Gasteiger partial charge in [-0.15, -0.1) is 0 Å². The maximum absolute atomic E-state index is 13.0. The van der Waals surface area contributed by atoms with Crippen LogP contribution in [0.2, 0.25) is 0 Å². The Morgan fingerprint density at radius 1 is 0.677 bits per heavy atom. The molecule has 0 aliphatic heterocycles. The summed E-state index contributed by atoms with van der Waals surface area (Å²) in [6, 6.07) is 23.9. The molecule has 0 fully saturated rings. The number of nitrogens with one attached hydrogen (secondary N) is 3. The van der Waals surface area contributed by atoms with Gasteiger partial charge in [-0.1, -0.05) is 68.4 Å². The maximum Gasteiger partial charge on any atom is 0.319 e. The van der Waals surface area contributed by atoms with Gasteiger partial charge in [-0.05, 0) is 53.8 Å². The SMILES string of the molecule is CCc1ccc(NC(=O)NC(Cc2ccccc2)C(=O)Nc2ccc(CC)cc2)cc1. The van der Waals surface area contributed by atoms with E-state index in [1.54, 1.807) is 0 Å². The lowest BCUT2D eigenvalue weighted by atomic mass is 10.1. The minimum Gasteiger partial charge on any atom is -0.326 e. The predicted octanol–water partition coefficient (Wildman–Crippen LogP) is 5.18. The molecule has 1 unspecified atom stereocenters. The molecule has 31 heavy (non-hydrogen) atoms. The van der Waals surface area contributed by atoms with Crippen LogP contribution in [0.25, 0.3) is 0 Å².